The maximum absolute atomic E-state index is 12.5. The molecule has 1 N–H and O–H groups in total. The summed E-state index contributed by atoms with van der Waals surface area (Å²) in [5, 5.41) is 10.6. The van der Waals surface area contributed by atoms with Crippen LogP contribution in [0.25, 0.3) is 5.76 Å². The Morgan fingerprint density at radius 2 is 1.73 bits per heavy atom. The van der Waals surface area contributed by atoms with Crippen LogP contribution in [0.5, 0.6) is 0 Å². The first-order valence-electron chi connectivity index (χ1n) is 10.1. The minimum Gasteiger partial charge on any atom is -0.507 e. The molecule has 0 bridgehead atoms. The molecule has 0 atom stereocenters. The molecule has 5 nitrogen and oxygen atoms in total. The lowest BCUT2D eigenvalue weighted by atomic mass is 9.79. The number of esters is 1. The largest absolute Gasteiger partial charge is 0.507 e. The average molecular weight is 411 g/mol. The third-order valence-corrected chi connectivity index (χ3v) is 5.25. The number of ketones is 2. The van der Waals surface area contributed by atoms with Crippen LogP contribution in [0.1, 0.15) is 69.8 Å². The highest BCUT2D eigenvalue weighted by atomic mass is 16.5. The Hall–Kier alpha value is -2.95. The number of Topliss-reactive ketones (excluding diaryl/α,β-unsaturated/α-hetero) is 2. The highest BCUT2D eigenvalue weighted by Gasteiger charge is 2.36. The molecule has 1 aliphatic rings. The van der Waals surface area contributed by atoms with Crippen LogP contribution >= 0.6 is 0 Å². The van der Waals surface area contributed by atoms with Gasteiger partial charge in [0, 0.05) is 27.7 Å². The molecule has 0 amide bonds. The number of rotatable bonds is 8. The van der Waals surface area contributed by atoms with Gasteiger partial charge in [-0.3, -0.25) is 9.59 Å². The van der Waals surface area contributed by atoms with Gasteiger partial charge >= 0.3 is 5.97 Å². The molecule has 1 aromatic carbocycles. The molecule has 0 radical (unpaired) electrons. The molecule has 1 aromatic rings. The maximum Gasteiger partial charge on any atom is 0.333 e. The number of fused-ring (bicyclic) bond motifs is 1. The van der Waals surface area contributed by atoms with Crippen LogP contribution in [0.15, 0.2) is 53.1 Å². The van der Waals surface area contributed by atoms with E-state index in [0.717, 1.165) is 12.8 Å². The lowest BCUT2D eigenvalue weighted by Crippen LogP contribution is -2.30. The molecule has 0 spiro atoms. The Morgan fingerprint density at radius 3 is 2.37 bits per heavy atom. The molecule has 0 saturated heterocycles. The third-order valence-electron chi connectivity index (χ3n) is 5.25. The van der Waals surface area contributed by atoms with Crippen LogP contribution in [0.3, 0.4) is 0 Å². The summed E-state index contributed by atoms with van der Waals surface area (Å²) < 4.78 is 5.44. The molecule has 30 heavy (non-hydrogen) atoms. The Bertz CT molecular complexity index is 944. The highest BCUT2D eigenvalue weighted by Crippen LogP contribution is 2.35. The van der Waals surface area contributed by atoms with Gasteiger partial charge in [-0.25, -0.2) is 4.79 Å². The van der Waals surface area contributed by atoms with E-state index in [2.05, 4.69) is 0 Å². The summed E-state index contributed by atoms with van der Waals surface area (Å²) in [6.45, 7) is 9.46. The van der Waals surface area contributed by atoms with E-state index in [1.54, 1.807) is 25.1 Å². The SMILES string of the molecule is C/C=C(\C)CC/C=C(\C)C(=O)OCC(C)(C)CC1=C(O)c2ccccc2C(=O)C1=O. The summed E-state index contributed by atoms with van der Waals surface area (Å²) in [5.74, 6) is -1.91. The number of benzene rings is 1. The van der Waals surface area contributed by atoms with E-state index in [9.17, 15) is 19.5 Å². The molecule has 0 saturated carbocycles. The van der Waals surface area contributed by atoms with Crippen LogP contribution in [0, 0.1) is 5.41 Å². The number of carbonyl (C=O) groups is 3. The minimum atomic E-state index is -0.707. The summed E-state index contributed by atoms with van der Waals surface area (Å²) >= 11 is 0. The number of carbonyl (C=O) groups excluding carboxylic acids is 3. The lowest BCUT2D eigenvalue weighted by molar-refractivity contribution is -0.141. The van der Waals surface area contributed by atoms with Crippen molar-refractivity contribution < 1.29 is 24.2 Å². The zero-order valence-electron chi connectivity index (χ0n) is 18.4. The second-order valence-corrected chi connectivity index (χ2v) is 8.51. The van der Waals surface area contributed by atoms with E-state index < -0.39 is 23.0 Å². The summed E-state index contributed by atoms with van der Waals surface area (Å²) in [6.07, 6.45) is 5.67. The second kappa shape index (κ2) is 9.70. The number of ether oxygens (including phenoxy) is 1. The van der Waals surface area contributed by atoms with Gasteiger partial charge in [0.05, 0.1) is 6.61 Å². The molecule has 0 heterocycles. The topological polar surface area (TPSA) is 80.7 Å². The van der Waals surface area contributed by atoms with Crippen molar-refractivity contribution in [1.29, 1.82) is 0 Å². The average Bonchev–Trinajstić information content (AvgIpc) is 2.73. The summed E-state index contributed by atoms with van der Waals surface area (Å²) in [6, 6.07) is 6.50. The number of hydrogen-bond acceptors (Lipinski definition) is 5. The van der Waals surface area contributed by atoms with Crippen molar-refractivity contribution in [3.63, 3.8) is 0 Å². The summed E-state index contributed by atoms with van der Waals surface area (Å²) in [5.41, 5.74) is 1.79. The fourth-order valence-electron chi connectivity index (χ4n) is 3.23. The van der Waals surface area contributed by atoms with Gasteiger partial charge in [-0.1, -0.05) is 55.8 Å². The van der Waals surface area contributed by atoms with E-state index in [4.69, 9.17) is 4.74 Å². The fraction of sp³-hybridized carbons (Fsp3) is 0.400. The van der Waals surface area contributed by atoms with Crippen molar-refractivity contribution in [1.82, 2.24) is 0 Å². The van der Waals surface area contributed by atoms with Crippen LogP contribution in [-0.2, 0) is 14.3 Å². The lowest BCUT2D eigenvalue weighted by Gasteiger charge is -2.27. The van der Waals surface area contributed by atoms with Gasteiger partial charge in [0.1, 0.15) is 5.76 Å². The van der Waals surface area contributed by atoms with Crippen LogP contribution in [0.4, 0.5) is 0 Å². The molecule has 0 unspecified atom stereocenters. The van der Waals surface area contributed by atoms with Crippen molar-refractivity contribution in [3.8, 4) is 0 Å². The minimum absolute atomic E-state index is 0.0603. The highest BCUT2D eigenvalue weighted by molar-refractivity contribution is 6.52. The summed E-state index contributed by atoms with van der Waals surface area (Å²) in [7, 11) is 0. The summed E-state index contributed by atoms with van der Waals surface area (Å²) in [4.78, 5) is 37.2. The number of allylic oxidation sites excluding steroid dienone is 4. The van der Waals surface area contributed by atoms with Gasteiger partial charge in [-0.2, -0.15) is 0 Å². The standard InChI is InChI=1S/C25H30O5/c1-6-16(2)10-9-11-17(3)24(29)30-15-25(4,5)14-20-21(26)18-12-7-8-13-19(18)22(27)23(20)28/h6-8,11-13,26H,9-10,14-15H2,1-5H3/b16-6+,17-11+. The zero-order valence-corrected chi connectivity index (χ0v) is 18.4. The first-order chi connectivity index (χ1) is 14.1. The molecular weight excluding hydrogens is 380 g/mol. The molecule has 0 aliphatic heterocycles. The molecule has 1 aliphatic carbocycles. The van der Waals surface area contributed by atoms with E-state index in [-0.39, 0.29) is 29.9 Å². The molecule has 160 valence electrons. The molecule has 0 aromatic heterocycles. The van der Waals surface area contributed by atoms with E-state index in [1.165, 1.54) is 11.6 Å². The predicted octanol–water partition coefficient (Wildman–Crippen LogP) is 5.37. The Morgan fingerprint density at radius 1 is 1.10 bits per heavy atom. The Labute approximate surface area is 178 Å². The van der Waals surface area contributed by atoms with E-state index in [0.29, 0.717) is 11.1 Å². The first-order valence-corrected chi connectivity index (χ1v) is 10.1. The van der Waals surface area contributed by atoms with Crippen LogP contribution in [0.2, 0.25) is 0 Å². The number of aliphatic hydroxyl groups is 1. The monoisotopic (exact) mass is 410 g/mol. The van der Waals surface area contributed by atoms with Crippen molar-refractivity contribution >= 4 is 23.3 Å². The van der Waals surface area contributed by atoms with Crippen molar-refractivity contribution in [3.05, 3.63) is 64.3 Å². The molecular formula is C25H30O5. The van der Waals surface area contributed by atoms with Gasteiger partial charge in [0.2, 0.25) is 11.6 Å². The normalized spacial score (nSPS) is 15.4. The van der Waals surface area contributed by atoms with E-state index in [1.807, 2.05) is 39.8 Å². The zero-order chi connectivity index (χ0) is 22.5. The number of hydrogen-bond donors (Lipinski definition) is 1. The van der Waals surface area contributed by atoms with Crippen LogP contribution in [-0.4, -0.2) is 29.2 Å². The van der Waals surface area contributed by atoms with Crippen molar-refractivity contribution in [2.24, 2.45) is 5.41 Å². The molecule has 2 rings (SSSR count). The van der Waals surface area contributed by atoms with Gasteiger partial charge in [0.15, 0.2) is 0 Å². The quantitative estimate of drug-likeness (QED) is 0.270. The maximum atomic E-state index is 12.5. The van der Waals surface area contributed by atoms with Gasteiger partial charge < -0.3 is 9.84 Å². The van der Waals surface area contributed by atoms with Gasteiger partial charge in [0.25, 0.3) is 0 Å². The van der Waals surface area contributed by atoms with Crippen LogP contribution < -0.4 is 0 Å². The first kappa shape index (κ1) is 23.3. The number of aliphatic hydroxyl groups excluding tert-OH is 1. The fourth-order valence-corrected chi connectivity index (χ4v) is 3.23. The third kappa shape index (κ3) is 5.56. The van der Waals surface area contributed by atoms with Gasteiger partial charge in [-0.05, 0) is 40.0 Å². The Balaban J connectivity index is 2.06. The van der Waals surface area contributed by atoms with Gasteiger partial charge in [-0.15, -0.1) is 0 Å². The Kier molecular flexibility index (Phi) is 7.54. The second-order valence-electron chi connectivity index (χ2n) is 8.51. The van der Waals surface area contributed by atoms with E-state index >= 15 is 0 Å². The molecule has 0 fully saturated rings. The predicted molar refractivity (Wildman–Crippen MR) is 117 cm³/mol. The van der Waals surface area contributed by atoms with Crippen molar-refractivity contribution in [2.75, 3.05) is 6.61 Å². The smallest absolute Gasteiger partial charge is 0.333 e. The molecule has 5 heteroatoms. The van der Waals surface area contributed by atoms with Crippen molar-refractivity contribution in [2.45, 2.75) is 53.9 Å².